The molecule has 3 aromatic rings. The normalized spacial score (nSPS) is 16.4. The SMILES string of the molecule is Cc1nc(CN2CCC(C(=O)NC(C)C(c3ccccc3)c3ccccc3)CC2)cs1. The number of carbonyl (C=O) groups excluding carboxylic acids is 1. The van der Waals surface area contributed by atoms with Crippen molar-refractivity contribution < 1.29 is 4.79 Å². The molecule has 1 N–H and O–H groups in total. The third-order valence-corrected chi connectivity index (χ3v) is 7.02. The summed E-state index contributed by atoms with van der Waals surface area (Å²) in [5.74, 6) is 0.413. The van der Waals surface area contributed by atoms with Crippen LogP contribution in [-0.4, -0.2) is 34.9 Å². The highest BCUT2D eigenvalue weighted by Gasteiger charge is 2.29. The number of carbonyl (C=O) groups is 1. The monoisotopic (exact) mass is 433 g/mol. The van der Waals surface area contributed by atoms with Gasteiger partial charge in [-0.3, -0.25) is 9.69 Å². The van der Waals surface area contributed by atoms with Gasteiger partial charge in [0.2, 0.25) is 5.91 Å². The Labute approximate surface area is 189 Å². The van der Waals surface area contributed by atoms with E-state index < -0.39 is 0 Å². The number of benzene rings is 2. The molecule has 1 aromatic heterocycles. The number of amides is 1. The van der Waals surface area contributed by atoms with Gasteiger partial charge >= 0.3 is 0 Å². The van der Waals surface area contributed by atoms with Crippen molar-refractivity contribution in [3.05, 3.63) is 87.9 Å². The standard InChI is InChI=1S/C26H31N3OS/c1-19(25(21-9-5-3-6-10-21)22-11-7-4-8-12-22)27-26(30)23-13-15-29(16-14-23)17-24-18-31-20(2)28-24/h3-12,18-19,23,25H,13-17H2,1-2H3,(H,27,30). The van der Waals surface area contributed by atoms with E-state index in [0.29, 0.717) is 0 Å². The molecule has 1 saturated heterocycles. The van der Waals surface area contributed by atoms with Gasteiger partial charge < -0.3 is 5.32 Å². The number of aromatic nitrogens is 1. The van der Waals surface area contributed by atoms with Gasteiger partial charge in [-0.15, -0.1) is 11.3 Å². The topological polar surface area (TPSA) is 45.2 Å². The highest BCUT2D eigenvalue weighted by atomic mass is 32.1. The van der Waals surface area contributed by atoms with E-state index in [-0.39, 0.29) is 23.8 Å². The molecule has 5 heteroatoms. The van der Waals surface area contributed by atoms with Crippen LogP contribution in [-0.2, 0) is 11.3 Å². The van der Waals surface area contributed by atoms with Gasteiger partial charge in [0.15, 0.2) is 0 Å². The maximum Gasteiger partial charge on any atom is 0.223 e. The first-order chi connectivity index (χ1) is 15.1. The van der Waals surface area contributed by atoms with Crippen LogP contribution in [0.2, 0.25) is 0 Å². The quantitative estimate of drug-likeness (QED) is 0.570. The first-order valence-electron chi connectivity index (χ1n) is 11.1. The molecule has 4 rings (SSSR count). The Morgan fingerprint density at radius 1 is 1.06 bits per heavy atom. The van der Waals surface area contributed by atoms with Crippen molar-refractivity contribution in [1.29, 1.82) is 0 Å². The Morgan fingerprint density at radius 3 is 2.16 bits per heavy atom. The summed E-state index contributed by atoms with van der Waals surface area (Å²) >= 11 is 1.70. The Hall–Kier alpha value is -2.50. The van der Waals surface area contributed by atoms with Crippen LogP contribution in [0.4, 0.5) is 0 Å². The average Bonchev–Trinajstić information content (AvgIpc) is 3.20. The van der Waals surface area contributed by atoms with Crippen LogP contribution in [0.3, 0.4) is 0 Å². The van der Waals surface area contributed by atoms with E-state index in [1.54, 1.807) is 11.3 Å². The van der Waals surface area contributed by atoms with Crippen molar-refractivity contribution in [2.75, 3.05) is 13.1 Å². The molecule has 0 radical (unpaired) electrons. The average molecular weight is 434 g/mol. The van der Waals surface area contributed by atoms with Crippen LogP contribution in [0, 0.1) is 12.8 Å². The number of nitrogens with one attached hydrogen (secondary N) is 1. The molecule has 162 valence electrons. The number of hydrogen-bond donors (Lipinski definition) is 1. The molecule has 1 atom stereocenters. The van der Waals surface area contributed by atoms with Crippen molar-refractivity contribution in [3.8, 4) is 0 Å². The fourth-order valence-corrected chi connectivity index (χ4v) is 5.18. The maximum absolute atomic E-state index is 13.1. The number of rotatable bonds is 7. The summed E-state index contributed by atoms with van der Waals surface area (Å²) in [6.07, 6.45) is 1.81. The predicted molar refractivity (Wildman–Crippen MR) is 127 cm³/mol. The summed E-state index contributed by atoms with van der Waals surface area (Å²) < 4.78 is 0. The molecule has 1 fully saturated rings. The fraction of sp³-hybridized carbons (Fsp3) is 0.385. The van der Waals surface area contributed by atoms with E-state index in [9.17, 15) is 4.79 Å². The summed E-state index contributed by atoms with van der Waals surface area (Å²) in [6.45, 7) is 6.96. The first kappa shape index (κ1) is 21.7. The number of hydrogen-bond acceptors (Lipinski definition) is 4. The number of thiazole rings is 1. The molecular weight excluding hydrogens is 402 g/mol. The van der Waals surface area contributed by atoms with E-state index in [0.717, 1.165) is 43.2 Å². The van der Waals surface area contributed by atoms with Crippen LogP contribution >= 0.6 is 11.3 Å². The zero-order valence-electron chi connectivity index (χ0n) is 18.3. The molecule has 1 aliphatic heterocycles. The lowest BCUT2D eigenvalue weighted by Crippen LogP contribution is -2.44. The Morgan fingerprint density at radius 2 is 1.65 bits per heavy atom. The van der Waals surface area contributed by atoms with Gasteiger partial charge in [0.05, 0.1) is 10.7 Å². The second-order valence-corrected chi connectivity index (χ2v) is 9.57. The van der Waals surface area contributed by atoms with E-state index in [1.165, 1.54) is 11.1 Å². The molecule has 0 spiro atoms. The molecule has 2 heterocycles. The number of likely N-dealkylation sites (tertiary alicyclic amines) is 1. The number of piperidine rings is 1. The van der Waals surface area contributed by atoms with Crippen molar-refractivity contribution in [3.63, 3.8) is 0 Å². The van der Waals surface area contributed by atoms with Crippen molar-refractivity contribution in [2.24, 2.45) is 5.92 Å². The minimum atomic E-state index is 0.0216. The summed E-state index contributed by atoms with van der Waals surface area (Å²) in [6, 6.07) is 21.0. The third-order valence-electron chi connectivity index (χ3n) is 6.20. The smallest absolute Gasteiger partial charge is 0.223 e. The summed E-state index contributed by atoms with van der Waals surface area (Å²) in [5.41, 5.74) is 3.61. The molecule has 0 saturated carbocycles. The minimum Gasteiger partial charge on any atom is -0.352 e. The van der Waals surface area contributed by atoms with E-state index in [1.807, 2.05) is 19.1 Å². The lowest BCUT2D eigenvalue weighted by molar-refractivity contribution is -0.127. The molecule has 1 aliphatic rings. The van der Waals surface area contributed by atoms with E-state index in [4.69, 9.17) is 0 Å². The first-order valence-corrected chi connectivity index (χ1v) is 12.0. The summed E-state index contributed by atoms with van der Waals surface area (Å²) in [4.78, 5) is 20.1. The van der Waals surface area contributed by atoms with Gasteiger partial charge in [-0.05, 0) is 50.9 Å². The van der Waals surface area contributed by atoms with Gasteiger partial charge in [0, 0.05) is 29.8 Å². The lowest BCUT2D eigenvalue weighted by Gasteiger charge is -2.32. The van der Waals surface area contributed by atoms with Gasteiger partial charge in [-0.1, -0.05) is 60.7 Å². The molecule has 2 aromatic carbocycles. The lowest BCUT2D eigenvalue weighted by atomic mass is 9.85. The molecule has 1 amide bonds. The zero-order valence-corrected chi connectivity index (χ0v) is 19.1. The van der Waals surface area contributed by atoms with Crippen LogP contribution < -0.4 is 5.32 Å². The largest absolute Gasteiger partial charge is 0.352 e. The van der Waals surface area contributed by atoms with Crippen molar-refractivity contribution >= 4 is 17.2 Å². The maximum atomic E-state index is 13.1. The van der Waals surface area contributed by atoms with E-state index >= 15 is 0 Å². The fourth-order valence-electron chi connectivity index (χ4n) is 4.58. The van der Waals surface area contributed by atoms with Gasteiger partial charge in [0.25, 0.3) is 0 Å². The summed E-state index contributed by atoms with van der Waals surface area (Å²) in [5, 5.41) is 6.60. The minimum absolute atomic E-state index is 0.0216. The molecule has 0 bridgehead atoms. The second-order valence-electron chi connectivity index (χ2n) is 8.50. The Balaban J connectivity index is 1.37. The third kappa shape index (κ3) is 5.60. The van der Waals surface area contributed by atoms with Crippen LogP contribution in [0.1, 0.15) is 47.5 Å². The van der Waals surface area contributed by atoms with Crippen molar-refractivity contribution in [2.45, 2.75) is 45.2 Å². The van der Waals surface area contributed by atoms with Gasteiger partial charge in [-0.2, -0.15) is 0 Å². The Kier molecular flexibility index (Phi) is 7.15. The highest BCUT2D eigenvalue weighted by Crippen LogP contribution is 2.29. The second kappa shape index (κ2) is 10.2. The van der Waals surface area contributed by atoms with Gasteiger partial charge in [-0.25, -0.2) is 4.98 Å². The highest BCUT2D eigenvalue weighted by molar-refractivity contribution is 7.09. The summed E-state index contributed by atoms with van der Waals surface area (Å²) in [7, 11) is 0. The molecule has 0 aliphatic carbocycles. The van der Waals surface area contributed by atoms with Crippen LogP contribution in [0.25, 0.3) is 0 Å². The molecular formula is C26H31N3OS. The van der Waals surface area contributed by atoms with Crippen LogP contribution in [0.5, 0.6) is 0 Å². The van der Waals surface area contributed by atoms with Crippen molar-refractivity contribution in [1.82, 2.24) is 15.2 Å². The van der Waals surface area contributed by atoms with E-state index in [2.05, 4.69) is 76.0 Å². The molecule has 31 heavy (non-hydrogen) atoms. The number of aryl methyl sites for hydroxylation is 1. The Bertz CT molecular complexity index is 925. The number of nitrogens with zero attached hydrogens (tertiary/aromatic N) is 2. The zero-order chi connectivity index (χ0) is 21.6. The predicted octanol–water partition coefficient (Wildman–Crippen LogP) is 5.00. The molecule has 1 unspecified atom stereocenters. The van der Waals surface area contributed by atoms with Gasteiger partial charge in [0.1, 0.15) is 0 Å². The van der Waals surface area contributed by atoms with Crippen LogP contribution in [0.15, 0.2) is 66.0 Å². The molecule has 4 nitrogen and oxygen atoms in total.